The predicted octanol–water partition coefficient (Wildman–Crippen LogP) is 1.16. The number of rotatable bonds is 2. The second-order valence-electron chi connectivity index (χ2n) is 5.11. The summed E-state index contributed by atoms with van der Waals surface area (Å²) >= 11 is 0. The highest BCUT2D eigenvalue weighted by Crippen LogP contribution is 2.14. The molecule has 7 nitrogen and oxygen atoms in total. The topological polar surface area (TPSA) is 94.5 Å². The van der Waals surface area contributed by atoms with Crippen LogP contribution >= 0.6 is 0 Å². The van der Waals surface area contributed by atoms with E-state index in [1.54, 1.807) is 6.07 Å². The highest BCUT2D eigenvalue weighted by Gasteiger charge is 2.15. The van der Waals surface area contributed by atoms with Gasteiger partial charge in [-0.3, -0.25) is 0 Å². The van der Waals surface area contributed by atoms with Crippen molar-refractivity contribution in [3.05, 3.63) is 17.8 Å². The maximum Gasteiger partial charge on any atom is 0.244 e. The highest BCUT2D eigenvalue weighted by atomic mass is 15.5. The normalized spacial score (nSPS) is 11.6. The van der Waals surface area contributed by atoms with E-state index in [2.05, 4.69) is 25.6 Å². The first-order chi connectivity index (χ1) is 8.35. The van der Waals surface area contributed by atoms with Crippen LogP contribution in [0.4, 0.5) is 11.9 Å². The first-order valence-electron chi connectivity index (χ1n) is 5.66. The fourth-order valence-corrected chi connectivity index (χ4v) is 1.39. The number of hydrogen-bond acceptors (Lipinski definition) is 6. The molecule has 18 heavy (non-hydrogen) atoms. The van der Waals surface area contributed by atoms with E-state index in [1.165, 1.54) is 4.68 Å². The molecule has 7 heteroatoms. The van der Waals surface area contributed by atoms with Crippen LogP contribution in [0.15, 0.2) is 12.1 Å². The van der Waals surface area contributed by atoms with Crippen LogP contribution in [-0.2, 0) is 0 Å². The largest absolute Gasteiger partial charge is 0.368 e. The number of nitrogens with zero attached hydrogens (tertiary/aromatic N) is 5. The molecule has 2 heterocycles. The second-order valence-corrected chi connectivity index (χ2v) is 5.11. The van der Waals surface area contributed by atoms with Crippen molar-refractivity contribution in [3.63, 3.8) is 0 Å². The molecule has 0 atom stereocenters. The number of aromatic nitrogens is 5. The zero-order valence-corrected chi connectivity index (χ0v) is 11.0. The average Bonchev–Trinajstić information content (AvgIpc) is 2.58. The van der Waals surface area contributed by atoms with Crippen molar-refractivity contribution >= 4 is 11.9 Å². The molecule has 2 rings (SSSR count). The quantitative estimate of drug-likeness (QED) is 0.827. The van der Waals surface area contributed by atoms with E-state index in [1.807, 2.05) is 33.8 Å². The Balaban J connectivity index is 2.32. The Hall–Kier alpha value is -2.18. The van der Waals surface area contributed by atoms with Crippen LogP contribution < -0.4 is 11.1 Å². The van der Waals surface area contributed by atoms with Crippen LogP contribution in [0.2, 0.25) is 0 Å². The van der Waals surface area contributed by atoms with Crippen molar-refractivity contribution in [2.24, 2.45) is 0 Å². The van der Waals surface area contributed by atoms with Gasteiger partial charge in [-0.15, -0.1) is 10.2 Å². The van der Waals surface area contributed by atoms with Crippen molar-refractivity contribution in [2.75, 3.05) is 11.1 Å². The molecule has 0 fully saturated rings. The summed E-state index contributed by atoms with van der Waals surface area (Å²) in [4.78, 5) is 4.15. The van der Waals surface area contributed by atoms with Gasteiger partial charge in [0.1, 0.15) is 0 Å². The molecule has 0 aliphatic carbocycles. The Morgan fingerprint density at radius 2 is 1.94 bits per heavy atom. The SMILES string of the molecule is Cc1ccc(-n2nc(NC(C)(C)C)nc2N)nn1. The number of nitrogens with one attached hydrogen (secondary N) is 1. The molecule has 0 aliphatic heterocycles. The van der Waals surface area contributed by atoms with Crippen LogP contribution in [0.1, 0.15) is 26.5 Å². The van der Waals surface area contributed by atoms with Gasteiger partial charge < -0.3 is 11.1 Å². The van der Waals surface area contributed by atoms with Crippen LogP contribution in [0.3, 0.4) is 0 Å². The molecule has 0 saturated carbocycles. The summed E-state index contributed by atoms with van der Waals surface area (Å²) in [6.45, 7) is 7.94. The molecule has 0 radical (unpaired) electrons. The fraction of sp³-hybridized carbons (Fsp3) is 0.455. The van der Waals surface area contributed by atoms with Crippen LogP contribution in [-0.4, -0.2) is 30.5 Å². The second kappa shape index (κ2) is 4.25. The zero-order chi connectivity index (χ0) is 13.3. The minimum Gasteiger partial charge on any atom is -0.368 e. The molecule has 3 N–H and O–H groups in total. The van der Waals surface area contributed by atoms with Gasteiger partial charge in [0.25, 0.3) is 0 Å². The van der Waals surface area contributed by atoms with Gasteiger partial charge in [0.05, 0.1) is 5.69 Å². The molecule has 96 valence electrons. The summed E-state index contributed by atoms with van der Waals surface area (Å²) in [7, 11) is 0. The van der Waals surface area contributed by atoms with Gasteiger partial charge in [-0.05, 0) is 39.8 Å². The highest BCUT2D eigenvalue weighted by molar-refractivity contribution is 5.39. The van der Waals surface area contributed by atoms with Gasteiger partial charge in [-0.1, -0.05) is 0 Å². The summed E-state index contributed by atoms with van der Waals surface area (Å²) in [5.41, 5.74) is 6.52. The first kappa shape index (κ1) is 12.3. The zero-order valence-electron chi connectivity index (χ0n) is 11.0. The minimum atomic E-state index is -0.127. The average molecular weight is 247 g/mol. The van der Waals surface area contributed by atoms with Crippen molar-refractivity contribution in [1.82, 2.24) is 25.0 Å². The van der Waals surface area contributed by atoms with Crippen molar-refractivity contribution in [3.8, 4) is 5.82 Å². The number of nitrogens with two attached hydrogens (primary N) is 1. The molecule has 0 amide bonds. The molecule has 0 saturated heterocycles. The van der Waals surface area contributed by atoms with E-state index < -0.39 is 0 Å². The first-order valence-corrected chi connectivity index (χ1v) is 5.66. The maximum atomic E-state index is 5.81. The molecule has 2 aromatic heterocycles. The summed E-state index contributed by atoms with van der Waals surface area (Å²) in [5, 5.41) is 15.4. The Morgan fingerprint density at radius 3 is 2.50 bits per heavy atom. The number of nitrogen functional groups attached to an aromatic ring is 1. The van der Waals surface area contributed by atoms with Gasteiger partial charge in [0.15, 0.2) is 5.82 Å². The van der Waals surface area contributed by atoms with E-state index in [0.29, 0.717) is 11.8 Å². The Morgan fingerprint density at radius 1 is 1.22 bits per heavy atom. The smallest absolute Gasteiger partial charge is 0.244 e. The third-order valence-corrected chi connectivity index (χ3v) is 2.12. The monoisotopic (exact) mass is 247 g/mol. The molecule has 0 spiro atoms. The van der Waals surface area contributed by atoms with E-state index in [-0.39, 0.29) is 11.5 Å². The summed E-state index contributed by atoms with van der Waals surface area (Å²) in [6, 6.07) is 3.65. The van der Waals surface area contributed by atoms with Gasteiger partial charge in [-0.25, -0.2) is 0 Å². The molecule has 0 bridgehead atoms. The standard InChI is InChI=1S/C11H17N7/c1-7-5-6-8(16-15-7)18-9(12)13-10(17-18)14-11(2,3)4/h5-6H,1-4H3,(H3,12,13,14,17). The maximum absolute atomic E-state index is 5.81. The summed E-state index contributed by atoms with van der Waals surface area (Å²) in [5.74, 6) is 1.30. The Labute approximate surface area is 105 Å². The molecule has 0 aromatic carbocycles. The van der Waals surface area contributed by atoms with Crippen molar-refractivity contribution in [2.45, 2.75) is 33.2 Å². The van der Waals surface area contributed by atoms with E-state index in [9.17, 15) is 0 Å². The van der Waals surface area contributed by atoms with Gasteiger partial charge >= 0.3 is 0 Å². The van der Waals surface area contributed by atoms with Crippen LogP contribution in [0.25, 0.3) is 5.82 Å². The summed E-state index contributed by atoms with van der Waals surface area (Å²) in [6.07, 6.45) is 0. The molecular formula is C11H17N7. The Bertz CT molecular complexity index is 536. The third-order valence-electron chi connectivity index (χ3n) is 2.12. The predicted molar refractivity (Wildman–Crippen MR) is 69.5 cm³/mol. The third kappa shape index (κ3) is 2.73. The number of hydrogen-bond donors (Lipinski definition) is 2. The van der Waals surface area contributed by atoms with Gasteiger partial charge in [-0.2, -0.15) is 14.8 Å². The lowest BCUT2D eigenvalue weighted by Crippen LogP contribution is -2.26. The summed E-state index contributed by atoms with van der Waals surface area (Å²) < 4.78 is 1.46. The molecule has 0 aliphatic rings. The fourth-order valence-electron chi connectivity index (χ4n) is 1.39. The van der Waals surface area contributed by atoms with Crippen molar-refractivity contribution in [1.29, 1.82) is 0 Å². The van der Waals surface area contributed by atoms with Crippen LogP contribution in [0.5, 0.6) is 0 Å². The van der Waals surface area contributed by atoms with Crippen molar-refractivity contribution < 1.29 is 0 Å². The lowest BCUT2D eigenvalue weighted by Gasteiger charge is -2.18. The molecule has 2 aromatic rings. The lowest BCUT2D eigenvalue weighted by molar-refractivity contribution is 0.625. The number of aryl methyl sites for hydroxylation is 1. The Kier molecular flexibility index (Phi) is 2.90. The van der Waals surface area contributed by atoms with E-state index in [4.69, 9.17) is 5.73 Å². The lowest BCUT2D eigenvalue weighted by atomic mass is 10.1. The minimum absolute atomic E-state index is 0.127. The molecular weight excluding hydrogens is 230 g/mol. The van der Waals surface area contributed by atoms with Gasteiger partial charge in [0, 0.05) is 5.54 Å². The van der Waals surface area contributed by atoms with E-state index in [0.717, 1.165) is 5.69 Å². The van der Waals surface area contributed by atoms with Crippen LogP contribution in [0, 0.1) is 6.92 Å². The molecule has 0 unspecified atom stereocenters. The number of anilines is 2. The van der Waals surface area contributed by atoms with Gasteiger partial charge in [0.2, 0.25) is 11.9 Å². The van der Waals surface area contributed by atoms with E-state index >= 15 is 0 Å².